The zero-order valence-electron chi connectivity index (χ0n) is 8.35. The topological polar surface area (TPSA) is 52.1 Å². The molecule has 2 aliphatic heterocycles. The molecular weight excluding hydrogens is 192 g/mol. The molecule has 0 atom stereocenters. The summed E-state index contributed by atoms with van der Waals surface area (Å²) >= 11 is 0. The predicted molar refractivity (Wildman–Crippen MR) is 51.8 cm³/mol. The maximum absolute atomic E-state index is 11.6. The zero-order chi connectivity index (χ0) is 10.3. The highest BCUT2D eigenvalue weighted by atomic mass is 16.6. The van der Waals surface area contributed by atoms with E-state index in [0.717, 1.165) is 31.4 Å². The van der Waals surface area contributed by atoms with Crippen LogP contribution in [0.2, 0.25) is 0 Å². The molecule has 2 saturated heterocycles. The van der Waals surface area contributed by atoms with Crippen LogP contribution < -0.4 is 0 Å². The molecule has 3 heterocycles. The van der Waals surface area contributed by atoms with E-state index in [0.29, 0.717) is 0 Å². The van der Waals surface area contributed by atoms with Gasteiger partial charge in [0.1, 0.15) is 6.33 Å². The lowest BCUT2D eigenvalue weighted by Gasteiger charge is -2.44. The Morgan fingerprint density at radius 2 is 2.20 bits per heavy atom. The van der Waals surface area contributed by atoms with Crippen LogP contribution in [0.25, 0.3) is 0 Å². The molecule has 1 aromatic heterocycles. The van der Waals surface area contributed by atoms with E-state index in [1.165, 1.54) is 6.33 Å². The summed E-state index contributed by atoms with van der Waals surface area (Å²) in [4.78, 5) is 19.7. The van der Waals surface area contributed by atoms with Crippen molar-refractivity contribution in [2.45, 2.75) is 31.3 Å². The lowest BCUT2D eigenvalue weighted by molar-refractivity contribution is -0.190. The molecule has 3 fully saturated rings. The number of carbonyl (C=O) groups excluding carboxylic acids is 1. The van der Waals surface area contributed by atoms with E-state index in [1.807, 2.05) is 6.07 Å². The third kappa shape index (κ3) is 1.24. The maximum atomic E-state index is 11.6. The molecule has 0 aromatic carbocycles. The second-order valence-electron chi connectivity index (χ2n) is 4.28. The van der Waals surface area contributed by atoms with Crippen LogP contribution in [0.4, 0.5) is 0 Å². The molecule has 15 heavy (non-hydrogen) atoms. The largest absolute Gasteiger partial charge is 0.452 e. The van der Waals surface area contributed by atoms with Gasteiger partial charge in [-0.05, 0) is 31.7 Å². The fourth-order valence-electron chi connectivity index (χ4n) is 2.57. The molecule has 1 aromatic rings. The van der Waals surface area contributed by atoms with Gasteiger partial charge in [-0.3, -0.25) is 4.79 Å². The number of carbonyl (C=O) groups is 1. The highest BCUT2D eigenvalue weighted by Gasteiger charge is 2.49. The minimum atomic E-state index is -0.450. The number of ether oxygens (including phenoxy) is 1. The van der Waals surface area contributed by atoms with Gasteiger partial charge in [0.25, 0.3) is 0 Å². The fourth-order valence-corrected chi connectivity index (χ4v) is 2.57. The summed E-state index contributed by atoms with van der Waals surface area (Å²) in [6.07, 6.45) is 6.89. The normalized spacial score (nSPS) is 33.9. The Hall–Kier alpha value is -1.45. The SMILES string of the molecule is O=C1OC2(c3ccncn3)CCC1CC2. The van der Waals surface area contributed by atoms with Crippen molar-refractivity contribution in [2.75, 3.05) is 0 Å². The molecule has 0 amide bonds. The van der Waals surface area contributed by atoms with Crippen LogP contribution in [0, 0.1) is 5.92 Å². The van der Waals surface area contributed by atoms with Crippen molar-refractivity contribution in [3.8, 4) is 0 Å². The summed E-state index contributed by atoms with van der Waals surface area (Å²) in [7, 11) is 0. The molecule has 4 heteroatoms. The molecular formula is C11H12N2O2. The highest BCUT2D eigenvalue weighted by molar-refractivity contribution is 5.74. The first-order valence-electron chi connectivity index (χ1n) is 5.29. The lowest BCUT2D eigenvalue weighted by atomic mass is 9.74. The molecule has 0 radical (unpaired) electrons. The third-order valence-electron chi connectivity index (χ3n) is 3.47. The van der Waals surface area contributed by atoms with Crippen molar-refractivity contribution >= 4 is 5.97 Å². The van der Waals surface area contributed by atoms with Crippen LogP contribution in [0.5, 0.6) is 0 Å². The maximum Gasteiger partial charge on any atom is 0.309 e. The van der Waals surface area contributed by atoms with Gasteiger partial charge < -0.3 is 4.74 Å². The summed E-state index contributed by atoms with van der Waals surface area (Å²) in [5.74, 6) is 0.0832. The molecule has 4 rings (SSSR count). The van der Waals surface area contributed by atoms with Crippen LogP contribution in [-0.4, -0.2) is 15.9 Å². The fraction of sp³-hybridized carbons (Fsp3) is 0.545. The Kier molecular flexibility index (Phi) is 1.78. The van der Waals surface area contributed by atoms with Gasteiger partial charge >= 0.3 is 5.97 Å². The van der Waals surface area contributed by atoms with Crippen molar-refractivity contribution < 1.29 is 9.53 Å². The summed E-state index contributed by atoms with van der Waals surface area (Å²) < 4.78 is 5.53. The molecule has 0 spiro atoms. The Balaban J connectivity index is 2.00. The van der Waals surface area contributed by atoms with Gasteiger partial charge in [0, 0.05) is 6.20 Å². The average molecular weight is 204 g/mol. The van der Waals surface area contributed by atoms with Crippen LogP contribution in [-0.2, 0) is 15.1 Å². The van der Waals surface area contributed by atoms with Crippen molar-refractivity contribution in [1.29, 1.82) is 0 Å². The van der Waals surface area contributed by atoms with Crippen LogP contribution in [0.1, 0.15) is 31.4 Å². The first-order valence-corrected chi connectivity index (χ1v) is 5.29. The van der Waals surface area contributed by atoms with Crippen LogP contribution in [0.3, 0.4) is 0 Å². The average Bonchev–Trinajstić information content (AvgIpc) is 2.31. The van der Waals surface area contributed by atoms with Gasteiger partial charge in [-0.1, -0.05) is 0 Å². The number of rotatable bonds is 1. The highest BCUT2D eigenvalue weighted by Crippen LogP contribution is 2.47. The van der Waals surface area contributed by atoms with Crippen LogP contribution in [0.15, 0.2) is 18.6 Å². The van der Waals surface area contributed by atoms with E-state index in [1.54, 1.807) is 6.20 Å². The number of hydrogen-bond acceptors (Lipinski definition) is 4. The van der Waals surface area contributed by atoms with Gasteiger partial charge in [0.15, 0.2) is 5.60 Å². The molecule has 1 saturated carbocycles. The lowest BCUT2D eigenvalue weighted by Crippen LogP contribution is -2.46. The van der Waals surface area contributed by atoms with Gasteiger partial charge in [0.05, 0.1) is 11.6 Å². The van der Waals surface area contributed by atoms with Gasteiger partial charge in [-0.15, -0.1) is 0 Å². The van der Waals surface area contributed by atoms with Gasteiger partial charge in [0.2, 0.25) is 0 Å². The van der Waals surface area contributed by atoms with Gasteiger partial charge in [-0.2, -0.15) is 0 Å². The van der Waals surface area contributed by atoms with E-state index in [9.17, 15) is 4.79 Å². The van der Waals surface area contributed by atoms with E-state index in [4.69, 9.17) is 4.74 Å². The Bertz CT molecular complexity index is 383. The number of nitrogens with zero attached hydrogens (tertiary/aromatic N) is 2. The predicted octanol–water partition coefficient (Wildman–Crippen LogP) is 1.42. The smallest absolute Gasteiger partial charge is 0.309 e. The summed E-state index contributed by atoms with van der Waals surface area (Å²) in [5.41, 5.74) is 0.401. The first kappa shape index (κ1) is 8.83. The second-order valence-corrected chi connectivity index (χ2v) is 4.28. The van der Waals surface area contributed by atoms with Crippen LogP contribution >= 0.6 is 0 Å². The number of hydrogen-bond donors (Lipinski definition) is 0. The Morgan fingerprint density at radius 3 is 2.80 bits per heavy atom. The monoisotopic (exact) mass is 204 g/mol. The molecule has 0 N–H and O–H groups in total. The van der Waals surface area contributed by atoms with E-state index < -0.39 is 5.60 Å². The molecule has 78 valence electrons. The number of aromatic nitrogens is 2. The Labute approximate surface area is 87.7 Å². The van der Waals surface area contributed by atoms with E-state index in [2.05, 4.69) is 9.97 Å². The molecule has 4 nitrogen and oxygen atoms in total. The molecule has 3 aliphatic rings. The Morgan fingerprint density at radius 1 is 1.40 bits per heavy atom. The van der Waals surface area contributed by atoms with Crippen molar-refractivity contribution in [2.24, 2.45) is 5.92 Å². The molecule has 1 aliphatic carbocycles. The zero-order valence-corrected chi connectivity index (χ0v) is 8.35. The summed E-state index contributed by atoms with van der Waals surface area (Å²) in [5, 5.41) is 0. The first-order chi connectivity index (χ1) is 7.30. The number of esters is 1. The molecule has 0 unspecified atom stereocenters. The summed E-state index contributed by atoms with van der Waals surface area (Å²) in [6, 6.07) is 1.85. The minimum Gasteiger partial charge on any atom is -0.452 e. The quantitative estimate of drug-likeness (QED) is 0.649. The van der Waals surface area contributed by atoms with Crippen molar-refractivity contribution in [3.05, 3.63) is 24.3 Å². The van der Waals surface area contributed by atoms with Crippen molar-refractivity contribution in [1.82, 2.24) is 9.97 Å². The summed E-state index contributed by atoms with van der Waals surface area (Å²) in [6.45, 7) is 0. The minimum absolute atomic E-state index is 0.0499. The van der Waals surface area contributed by atoms with E-state index >= 15 is 0 Å². The second kappa shape index (κ2) is 3.02. The van der Waals surface area contributed by atoms with Gasteiger partial charge in [-0.25, -0.2) is 9.97 Å². The number of fused-ring (bicyclic) bond motifs is 3. The molecule has 2 bridgehead atoms. The van der Waals surface area contributed by atoms with Crippen molar-refractivity contribution in [3.63, 3.8) is 0 Å². The van der Waals surface area contributed by atoms with E-state index in [-0.39, 0.29) is 11.9 Å². The standard InChI is InChI=1S/C11H12N2O2/c14-10-8-1-4-11(15-10,5-2-8)9-3-6-12-7-13-9/h3,6-8H,1-2,4-5H2. The third-order valence-corrected chi connectivity index (χ3v) is 3.47.